The molecule has 3 rings (SSSR count). The third kappa shape index (κ3) is 3.82. The number of rotatable bonds is 6. The minimum atomic E-state index is 0.221. The fraction of sp³-hybridized carbons (Fsp3) is 0.333. The fourth-order valence-corrected chi connectivity index (χ4v) is 2.85. The van der Waals surface area contributed by atoms with Crippen molar-refractivity contribution in [1.29, 1.82) is 0 Å². The Kier molecular flexibility index (Phi) is 5.12. The maximum atomic E-state index is 6.07. The van der Waals surface area contributed by atoms with Crippen molar-refractivity contribution < 1.29 is 9.47 Å². The fourth-order valence-electron chi connectivity index (χ4n) is 2.85. The average Bonchev–Trinajstić information content (AvgIpc) is 3.06. The molecule has 1 fully saturated rings. The zero-order valence-corrected chi connectivity index (χ0v) is 13.3. The summed E-state index contributed by atoms with van der Waals surface area (Å²) in [5.41, 5.74) is 16.0. The van der Waals surface area contributed by atoms with Gasteiger partial charge in [-0.2, -0.15) is 0 Å². The summed E-state index contributed by atoms with van der Waals surface area (Å²) >= 11 is 0. The van der Waals surface area contributed by atoms with Crippen LogP contribution in [0.25, 0.3) is 0 Å². The monoisotopic (exact) mass is 313 g/mol. The van der Waals surface area contributed by atoms with Crippen LogP contribution in [0, 0.1) is 0 Å². The smallest absolute Gasteiger partial charge is 0.119 e. The molecule has 0 radical (unpaired) electrons. The number of hydrogen-bond acceptors (Lipinski definition) is 5. The molecular formula is C18H23N3O2. The maximum absolute atomic E-state index is 6.07. The summed E-state index contributed by atoms with van der Waals surface area (Å²) in [5, 5.41) is 0. The average molecular weight is 313 g/mol. The van der Waals surface area contributed by atoms with E-state index >= 15 is 0 Å². The predicted octanol–water partition coefficient (Wildman–Crippen LogP) is 2.57. The number of nitrogens with one attached hydrogen (secondary N) is 2. The van der Waals surface area contributed by atoms with Gasteiger partial charge in [-0.25, -0.2) is 10.9 Å². The standard InChI is InChI=1S/C18H23N3O2/c1-22-10-11-23-14-8-6-13(7-9-14)17-12-18(21-20-17)15-4-2-3-5-16(15)19/h2-9,17-18,20-21H,10-12,19H2,1H3. The lowest BCUT2D eigenvalue weighted by Gasteiger charge is -2.13. The third-order valence-corrected chi connectivity index (χ3v) is 4.11. The lowest BCUT2D eigenvalue weighted by Crippen LogP contribution is -2.27. The molecule has 1 heterocycles. The van der Waals surface area contributed by atoms with Crippen LogP contribution in [-0.4, -0.2) is 20.3 Å². The van der Waals surface area contributed by atoms with E-state index in [4.69, 9.17) is 15.2 Å². The summed E-state index contributed by atoms with van der Waals surface area (Å²) in [7, 11) is 1.67. The summed E-state index contributed by atoms with van der Waals surface area (Å²) in [6.45, 7) is 1.16. The van der Waals surface area contributed by atoms with Crippen molar-refractivity contribution in [1.82, 2.24) is 10.9 Å². The number of ether oxygens (including phenoxy) is 2. The molecule has 1 saturated heterocycles. The van der Waals surface area contributed by atoms with Gasteiger partial charge in [-0.3, -0.25) is 0 Å². The Morgan fingerprint density at radius 3 is 2.48 bits per heavy atom. The van der Waals surface area contributed by atoms with Gasteiger partial charge in [-0.15, -0.1) is 0 Å². The Balaban J connectivity index is 1.61. The molecule has 0 bridgehead atoms. The molecule has 2 aromatic rings. The van der Waals surface area contributed by atoms with Gasteiger partial charge in [0.25, 0.3) is 0 Å². The Morgan fingerprint density at radius 1 is 1.00 bits per heavy atom. The van der Waals surface area contributed by atoms with E-state index in [2.05, 4.69) is 29.1 Å². The van der Waals surface area contributed by atoms with Crippen LogP contribution in [0.4, 0.5) is 5.69 Å². The second kappa shape index (κ2) is 7.46. The van der Waals surface area contributed by atoms with Crippen LogP contribution in [0.15, 0.2) is 48.5 Å². The molecule has 4 N–H and O–H groups in total. The maximum Gasteiger partial charge on any atom is 0.119 e. The molecule has 2 aromatic carbocycles. The molecule has 0 aliphatic carbocycles. The Hall–Kier alpha value is -2.08. The van der Waals surface area contributed by atoms with E-state index in [1.54, 1.807) is 7.11 Å². The van der Waals surface area contributed by atoms with Crippen LogP contribution in [-0.2, 0) is 4.74 Å². The number of anilines is 1. The number of para-hydroxylation sites is 1. The van der Waals surface area contributed by atoms with Gasteiger partial charge in [0, 0.05) is 18.8 Å². The molecule has 0 aromatic heterocycles. The lowest BCUT2D eigenvalue weighted by atomic mass is 9.97. The first-order chi connectivity index (χ1) is 11.3. The van der Waals surface area contributed by atoms with Crippen LogP contribution in [0.5, 0.6) is 5.75 Å². The lowest BCUT2D eigenvalue weighted by molar-refractivity contribution is 0.146. The van der Waals surface area contributed by atoms with Crippen LogP contribution < -0.4 is 21.3 Å². The summed E-state index contributed by atoms with van der Waals surface area (Å²) in [5.74, 6) is 0.862. The van der Waals surface area contributed by atoms with E-state index in [-0.39, 0.29) is 12.1 Å². The van der Waals surface area contributed by atoms with Gasteiger partial charge >= 0.3 is 0 Å². The van der Waals surface area contributed by atoms with Crippen molar-refractivity contribution in [3.8, 4) is 5.75 Å². The quantitative estimate of drug-likeness (QED) is 0.565. The normalized spacial score (nSPS) is 20.6. The topological polar surface area (TPSA) is 68.5 Å². The highest BCUT2D eigenvalue weighted by molar-refractivity contribution is 5.48. The van der Waals surface area contributed by atoms with Gasteiger partial charge in [0.2, 0.25) is 0 Å². The van der Waals surface area contributed by atoms with Gasteiger partial charge in [0.15, 0.2) is 0 Å². The van der Waals surface area contributed by atoms with Crippen LogP contribution >= 0.6 is 0 Å². The van der Waals surface area contributed by atoms with Crippen LogP contribution in [0.1, 0.15) is 29.6 Å². The van der Waals surface area contributed by atoms with Crippen LogP contribution in [0.3, 0.4) is 0 Å². The minimum Gasteiger partial charge on any atom is -0.491 e. The summed E-state index contributed by atoms with van der Waals surface area (Å²) in [4.78, 5) is 0. The Bertz CT molecular complexity index is 630. The SMILES string of the molecule is COCCOc1ccc(C2CC(c3ccccc3N)NN2)cc1. The highest BCUT2D eigenvalue weighted by Crippen LogP contribution is 2.33. The molecule has 2 unspecified atom stereocenters. The highest BCUT2D eigenvalue weighted by atomic mass is 16.5. The first-order valence-corrected chi connectivity index (χ1v) is 7.85. The number of nitrogens with two attached hydrogens (primary N) is 1. The summed E-state index contributed by atoms with van der Waals surface area (Å²) in [6, 6.07) is 16.7. The molecule has 5 heteroatoms. The van der Waals surface area contributed by atoms with Crippen molar-refractivity contribution in [3.05, 3.63) is 59.7 Å². The molecule has 0 saturated carbocycles. The molecule has 23 heavy (non-hydrogen) atoms. The summed E-state index contributed by atoms with van der Waals surface area (Å²) in [6.07, 6.45) is 0.956. The molecule has 0 spiro atoms. The largest absolute Gasteiger partial charge is 0.491 e. The van der Waals surface area contributed by atoms with Gasteiger partial charge in [-0.1, -0.05) is 30.3 Å². The van der Waals surface area contributed by atoms with Crippen molar-refractivity contribution in [2.45, 2.75) is 18.5 Å². The third-order valence-electron chi connectivity index (χ3n) is 4.11. The van der Waals surface area contributed by atoms with E-state index in [1.807, 2.05) is 30.3 Å². The molecule has 2 atom stereocenters. The van der Waals surface area contributed by atoms with Crippen molar-refractivity contribution in [3.63, 3.8) is 0 Å². The van der Waals surface area contributed by atoms with Crippen molar-refractivity contribution >= 4 is 5.69 Å². The molecule has 5 nitrogen and oxygen atoms in total. The second-order valence-electron chi connectivity index (χ2n) is 5.67. The van der Waals surface area contributed by atoms with Crippen molar-refractivity contribution in [2.24, 2.45) is 0 Å². The van der Waals surface area contributed by atoms with E-state index in [0.717, 1.165) is 23.4 Å². The van der Waals surface area contributed by atoms with Gasteiger partial charge in [-0.05, 0) is 35.7 Å². The molecule has 0 amide bonds. The summed E-state index contributed by atoms with van der Waals surface area (Å²) < 4.78 is 10.6. The minimum absolute atomic E-state index is 0.221. The zero-order valence-electron chi connectivity index (χ0n) is 13.3. The predicted molar refractivity (Wildman–Crippen MR) is 91.0 cm³/mol. The van der Waals surface area contributed by atoms with E-state index < -0.39 is 0 Å². The first kappa shape index (κ1) is 15.8. The van der Waals surface area contributed by atoms with Gasteiger partial charge in [0.05, 0.1) is 12.6 Å². The molecular weight excluding hydrogens is 290 g/mol. The van der Waals surface area contributed by atoms with E-state index in [0.29, 0.717) is 13.2 Å². The number of methoxy groups -OCH3 is 1. The van der Waals surface area contributed by atoms with E-state index in [1.165, 1.54) is 5.56 Å². The number of hydrogen-bond donors (Lipinski definition) is 3. The van der Waals surface area contributed by atoms with Gasteiger partial charge in [0.1, 0.15) is 12.4 Å². The highest BCUT2D eigenvalue weighted by Gasteiger charge is 2.27. The van der Waals surface area contributed by atoms with E-state index in [9.17, 15) is 0 Å². The molecule has 1 aliphatic rings. The number of hydrazine groups is 1. The Morgan fingerprint density at radius 2 is 1.74 bits per heavy atom. The second-order valence-corrected chi connectivity index (χ2v) is 5.67. The number of nitrogen functional groups attached to an aromatic ring is 1. The first-order valence-electron chi connectivity index (χ1n) is 7.85. The van der Waals surface area contributed by atoms with Gasteiger partial charge < -0.3 is 15.2 Å². The molecule has 1 aliphatic heterocycles. The van der Waals surface area contributed by atoms with Crippen LogP contribution in [0.2, 0.25) is 0 Å². The number of benzene rings is 2. The molecule has 122 valence electrons. The Labute approximate surface area is 136 Å². The zero-order chi connectivity index (χ0) is 16.1. The van der Waals surface area contributed by atoms with Crippen molar-refractivity contribution in [2.75, 3.05) is 26.1 Å².